The molecule has 1 aromatic carbocycles. The van der Waals surface area contributed by atoms with E-state index in [9.17, 15) is 23.1 Å². The summed E-state index contributed by atoms with van der Waals surface area (Å²) in [6, 6.07) is 5.84. The van der Waals surface area contributed by atoms with Gasteiger partial charge in [0.2, 0.25) is 0 Å². The van der Waals surface area contributed by atoms with Crippen LogP contribution in [0.1, 0.15) is 18.9 Å². The van der Waals surface area contributed by atoms with Gasteiger partial charge in [0, 0.05) is 5.02 Å². The van der Waals surface area contributed by atoms with E-state index >= 15 is 0 Å². The minimum absolute atomic E-state index is 0.0690. The highest BCUT2D eigenvalue weighted by Crippen LogP contribution is 2.41. The van der Waals surface area contributed by atoms with Gasteiger partial charge in [-0.1, -0.05) is 23.7 Å². The summed E-state index contributed by atoms with van der Waals surface area (Å²) in [5, 5.41) is 13.8. The van der Waals surface area contributed by atoms with Crippen molar-refractivity contribution in [2.45, 2.75) is 25.2 Å². The quantitative estimate of drug-likeness (QED) is 0.902. The molecule has 1 N–H and O–H groups in total. The van der Waals surface area contributed by atoms with Crippen molar-refractivity contribution in [2.75, 3.05) is 6.61 Å². The Labute approximate surface area is 128 Å². The van der Waals surface area contributed by atoms with E-state index in [0.717, 1.165) is 0 Å². The number of carbonyl (C=O) groups excluding carboxylic acids is 1. The highest BCUT2D eigenvalue weighted by atomic mass is 35.5. The fourth-order valence-corrected chi connectivity index (χ4v) is 2.07. The molecule has 0 aromatic heterocycles. The highest BCUT2D eigenvalue weighted by Gasteiger charge is 2.64. The Morgan fingerprint density at radius 2 is 2.05 bits per heavy atom. The molecular formula is C13H12ClF3N2O3. The minimum Gasteiger partial charge on any atom is -0.448 e. The lowest BCUT2D eigenvalue weighted by Crippen LogP contribution is -2.56. The number of carbonyl (C=O) groups is 1. The summed E-state index contributed by atoms with van der Waals surface area (Å²) >= 11 is 5.71. The van der Waals surface area contributed by atoms with Crippen molar-refractivity contribution in [3.05, 3.63) is 34.9 Å². The number of hydrogen-bond acceptors (Lipinski definition) is 4. The molecule has 22 heavy (non-hydrogen) atoms. The lowest BCUT2D eigenvalue weighted by atomic mass is 10.0. The monoisotopic (exact) mass is 336 g/mol. The number of nitrogens with zero attached hydrogens (tertiary/aromatic N) is 2. The Morgan fingerprint density at radius 3 is 2.55 bits per heavy atom. The van der Waals surface area contributed by atoms with Crippen LogP contribution in [0, 0.1) is 0 Å². The maximum atomic E-state index is 13.2. The molecule has 1 aliphatic rings. The van der Waals surface area contributed by atoms with E-state index in [1.54, 1.807) is 0 Å². The SMILES string of the molecule is CCOC(=O)N1N=C(c2ccc(Cl)cc2)C[C@@]1(O)C(F)(F)F. The lowest BCUT2D eigenvalue weighted by Gasteiger charge is -2.31. The van der Waals surface area contributed by atoms with Crippen molar-refractivity contribution in [3.63, 3.8) is 0 Å². The Bertz CT molecular complexity index is 604. The van der Waals surface area contributed by atoms with Crippen molar-refractivity contribution in [1.82, 2.24) is 5.01 Å². The third-order valence-corrected chi connectivity index (χ3v) is 3.31. The smallest absolute Gasteiger partial charge is 0.439 e. The first-order valence-electron chi connectivity index (χ1n) is 6.28. The van der Waals surface area contributed by atoms with Crippen LogP contribution in [0.25, 0.3) is 0 Å². The topological polar surface area (TPSA) is 62.1 Å². The van der Waals surface area contributed by atoms with Crippen LogP contribution in [0.3, 0.4) is 0 Å². The highest BCUT2D eigenvalue weighted by molar-refractivity contribution is 6.30. The normalized spacial score (nSPS) is 21.7. The number of amides is 1. The van der Waals surface area contributed by atoms with E-state index in [2.05, 4.69) is 9.84 Å². The molecule has 0 fully saturated rings. The fourth-order valence-electron chi connectivity index (χ4n) is 1.95. The Morgan fingerprint density at radius 1 is 1.45 bits per heavy atom. The molecule has 1 atom stereocenters. The van der Waals surface area contributed by atoms with Crippen molar-refractivity contribution in [1.29, 1.82) is 0 Å². The van der Waals surface area contributed by atoms with Crippen LogP contribution in [-0.4, -0.2) is 40.4 Å². The summed E-state index contributed by atoms with van der Waals surface area (Å²) in [5.41, 5.74) is -3.21. The van der Waals surface area contributed by atoms with E-state index in [-0.39, 0.29) is 17.3 Å². The van der Waals surface area contributed by atoms with E-state index in [0.29, 0.717) is 10.6 Å². The number of halogens is 4. The van der Waals surface area contributed by atoms with Crippen molar-refractivity contribution in [3.8, 4) is 0 Å². The first-order chi connectivity index (χ1) is 10.2. The molecule has 120 valence electrons. The molecule has 1 aliphatic heterocycles. The third kappa shape index (κ3) is 2.89. The van der Waals surface area contributed by atoms with E-state index in [1.165, 1.54) is 31.2 Å². The largest absolute Gasteiger partial charge is 0.448 e. The van der Waals surface area contributed by atoms with Crippen LogP contribution in [0.15, 0.2) is 29.4 Å². The molecule has 5 nitrogen and oxygen atoms in total. The van der Waals surface area contributed by atoms with Gasteiger partial charge in [0.25, 0.3) is 5.72 Å². The summed E-state index contributed by atoms with van der Waals surface area (Å²) in [5.74, 6) is 0. The number of alkyl halides is 3. The van der Waals surface area contributed by atoms with Gasteiger partial charge >= 0.3 is 12.3 Å². The fraction of sp³-hybridized carbons (Fsp3) is 0.385. The molecule has 0 saturated heterocycles. The van der Waals surface area contributed by atoms with Gasteiger partial charge in [0.05, 0.1) is 18.7 Å². The van der Waals surface area contributed by atoms with Crippen molar-refractivity contribution < 1.29 is 27.8 Å². The van der Waals surface area contributed by atoms with Gasteiger partial charge < -0.3 is 9.84 Å². The van der Waals surface area contributed by atoms with Gasteiger partial charge in [-0.2, -0.15) is 23.3 Å². The standard InChI is InChI=1S/C13H12ClF3N2O3/c1-2-22-11(20)19-12(21,13(15,16)17)7-10(18-19)8-3-5-9(14)6-4-8/h3-6,21H,2,7H2,1H3/t12-/m1/s1. The summed E-state index contributed by atoms with van der Waals surface area (Å²) in [4.78, 5) is 11.7. The molecule has 0 unspecified atom stereocenters. The van der Waals surface area contributed by atoms with Crippen LogP contribution in [0.5, 0.6) is 0 Å². The van der Waals surface area contributed by atoms with Crippen LogP contribution in [-0.2, 0) is 4.74 Å². The molecule has 0 saturated carbocycles. The first kappa shape index (κ1) is 16.6. The van der Waals surface area contributed by atoms with Crippen LogP contribution >= 0.6 is 11.6 Å². The predicted molar refractivity (Wildman–Crippen MR) is 72.5 cm³/mol. The minimum atomic E-state index is -5.09. The Hall–Kier alpha value is -1.80. The Balaban J connectivity index is 2.40. The number of hydrogen-bond donors (Lipinski definition) is 1. The van der Waals surface area contributed by atoms with Gasteiger partial charge in [0.1, 0.15) is 0 Å². The van der Waals surface area contributed by atoms with E-state index < -0.39 is 24.4 Å². The predicted octanol–water partition coefficient (Wildman–Crippen LogP) is 3.16. The molecule has 0 aliphatic carbocycles. The second kappa shape index (κ2) is 5.77. The van der Waals surface area contributed by atoms with Gasteiger partial charge in [-0.3, -0.25) is 0 Å². The summed E-state index contributed by atoms with van der Waals surface area (Å²) < 4.78 is 44.0. The molecular weight excluding hydrogens is 325 g/mol. The number of ether oxygens (including phenoxy) is 1. The average molecular weight is 337 g/mol. The zero-order valence-corrected chi connectivity index (χ0v) is 12.1. The second-order valence-electron chi connectivity index (χ2n) is 4.56. The molecule has 2 rings (SSSR count). The zero-order valence-electron chi connectivity index (χ0n) is 11.4. The molecule has 1 aromatic rings. The van der Waals surface area contributed by atoms with E-state index in [4.69, 9.17) is 11.6 Å². The lowest BCUT2D eigenvalue weighted by molar-refractivity contribution is -0.299. The number of rotatable bonds is 2. The third-order valence-electron chi connectivity index (χ3n) is 3.06. The number of hydrazone groups is 1. The average Bonchev–Trinajstić information content (AvgIpc) is 2.79. The van der Waals surface area contributed by atoms with Gasteiger partial charge in [0.15, 0.2) is 0 Å². The summed E-state index contributed by atoms with van der Waals surface area (Å²) in [7, 11) is 0. The first-order valence-corrected chi connectivity index (χ1v) is 6.66. The van der Waals surface area contributed by atoms with Crippen molar-refractivity contribution in [2.24, 2.45) is 5.10 Å². The number of benzene rings is 1. The second-order valence-corrected chi connectivity index (χ2v) is 4.99. The van der Waals surface area contributed by atoms with Gasteiger partial charge in [-0.05, 0) is 24.6 Å². The molecule has 0 bridgehead atoms. The van der Waals surface area contributed by atoms with Gasteiger partial charge in [-0.25, -0.2) is 4.79 Å². The summed E-state index contributed by atoms with van der Waals surface area (Å²) in [6.45, 7) is 1.29. The summed E-state index contributed by atoms with van der Waals surface area (Å²) in [6.07, 6.45) is -7.35. The molecule has 9 heteroatoms. The molecule has 0 spiro atoms. The molecule has 0 radical (unpaired) electrons. The van der Waals surface area contributed by atoms with E-state index in [1.807, 2.05) is 0 Å². The number of aliphatic hydroxyl groups is 1. The Kier molecular flexibility index (Phi) is 4.35. The van der Waals surface area contributed by atoms with Crippen LogP contribution in [0.2, 0.25) is 5.02 Å². The zero-order chi connectivity index (χ0) is 16.5. The van der Waals surface area contributed by atoms with Crippen LogP contribution in [0.4, 0.5) is 18.0 Å². The maximum absolute atomic E-state index is 13.2. The maximum Gasteiger partial charge on any atom is 0.439 e. The van der Waals surface area contributed by atoms with Crippen molar-refractivity contribution >= 4 is 23.4 Å². The van der Waals surface area contributed by atoms with Crippen LogP contribution < -0.4 is 0 Å². The molecule has 1 heterocycles. The van der Waals surface area contributed by atoms with Gasteiger partial charge in [-0.15, -0.1) is 0 Å². The molecule has 1 amide bonds.